The monoisotopic (exact) mass is 320 g/mol. The number of rotatable bonds is 3. The number of hydrogen-bond acceptors (Lipinski definition) is 4. The predicted octanol–water partition coefficient (Wildman–Crippen LogP) is 1.48. The summed E-state index contributed by atoms with van der Waals surface area (Å²) in [6.45, 7) is 0. The van der Waals surface area contributed by atoms with Gasteiger partial charge >= 0.3 is 0 Å². The third kappa shape index (κ3) is 4.01. The lowest BCUT2D eigenvalue weighted by Gasteiger charge is -2.11. The van der Waals surface area contributed by atoms with Crippen molar-refractivity contribution in [3.05, 3.63) is 52.2 Å². The van der Waals surface area contributed by atoms with Gasteiger partial charge in [0.15, 0.2) is 5.11 Å². The summed E-state index contributed by atoms with van der Waals surface area (Å²) in [7, 11) is 0. The van der Waals surface area contributed by atoms with E-state index in [1.54, 1.807) is 41.8 Å². The third-order valence-electron chi connectivity index (χ3n) is 2.46. The lowest BCUT2D eigenvalue weighted by Crippen LogP contribution is -2.44. The molecule has 0 bridgehead atoms. The molecule has 5 N–H and O–H groups in total. The summed E-state index contributed by atoms with van der Waals surface area (Å²) in [4.78, 5) is 24.6. The highest BCUT2D eigenvalue weighted by Crippen LogP contribution is 2.17. The van der Waals surface area contributed by atoms with Gasteiger partial charge in [0, 0.05) is 0 Å². The SMILES string of the molecule is NC(=S)NNC(=O)c1ccccc1NC(=O)c1cccs1. The second-order valence-electron chi connectivity index (χ2n) is 3.92. The minimum Gasteiger partial charge on any atom is -0.375 e. The van der Waals surface area contributed by atoms with Crippen LogP contribution in [-0.2, 0) is 0 Å². The van der Waals surface area contributed by atoms with Gasteiger partial charge in [-0.05, 0) is 35.8 Å². The highest BCUT2D eigenvalue weighted by atomic mass is 32.1. The van der Waals surface area contributed by atoms with Crippen molar-refractivity contribution >= 4 is 46.2 Å². The Morgan fingerprint density at radius 2 is 1.81 bits per heavy atom. The Morgan fingerprint density at radius 1 is 1.05 bits per heavy atom. The molecule has 0 aliphatic rings. The topological polar surface area (TPSA) is 96.2 Å². The van der Waals surface area contributed by atoms with Crippen LogP contribution >= 0.6 is 23.6 Å². The van der Waals surface area contributed by atoms with E-state index in [1.165, 1.54) is 11.3 Å². The molecule has 0 fully saturated rings. The van der Waals surface area contributed by atoms with Crippen LogP contribution in [0, 0.1) is 0 Å². The second-order valence-corrected chi connectivity index (χ2v) is 5.31. The molecule has 2 aromatic rings. The summed E-state index contributed by atoms with van der Waals surface area (Å²) in [5.74, 6) is -0.725. The largest absolute Gasteiger partial charge is 0.375 e. The Hall–Kier alpha value is -2.45. The maximum atomic E-state index is 12.0. The standard InChI is InChI=1S/C13H12N4O2S2/c14-13(20)17-16-11(18)8-4-1-2-5-9(8)15-12(19)10-6-3-7-21-10/h1-7H,(H,15,19)(H,16,18)(H3,14,17,20). The number of thiophene rings is 1. The van der Waals surface area contributed by atoms with Crippen LogP contribution in [0.2, 0.25) is 0 Å². The van der Waals surface area contributed by atoms with Crippen LogP contribution in [0.15, 0.2) is 41.8 Å². The van der Waals surface area contributed by atoms with Gasteiger partial charge in [0.05, 0.1) is 16.1 Å². The van der Waals surface area contributed by atoms with Crippen LogP contribution in [-0.4, -0.2) is 16.9 Å². The first kappa shape index (κ1) is 14.9. The second kappa shape index (κ2) is 6.82. The number of benzene rings is 1. The van der Waals surface area contributed by atoms with Crippen molar-refractivity contribution in [2.45, 2.75) is 0 Å². The van der Waals surface area contributed by atoms with Gasteiger partial charge < -0.3 is 11.1 Å². The number of anilines is 1. The van der Waals surface area contributed by atoms with E-state index in [4.69, 9.17) is 5.73 Å². The van der Waals surface area contributed by atoms with Gasteiger partial charge in [-0.15, -0.1) is 11.3 Å². The zero-order valence-corrected chi connectivity index (χ0v) is 12.4. The predicted molar refractivity (Wildman–Crippen MR) is 86.1 cm³/mol. The lowest BCUT2D eigenvalue weighted by atomic mass is 10.1. The fourth-order valence-electron chi connectivity index (χ4n) is 1.57. The van der Waals surface area contributed by atoms with Gasteiger partial charge in [0.1, 0.15) is 0 Å². The lowest BCUT2D eigenvalue weighted by molar-refractivity contribution is 0.0945. The molecule has 1 aromatic carbocycles. The summed E-state index contributed by atoms with van der Waals surface area (Å²) in [5, 5.41) is 4.45. The molecule has 0 saturated carbocycles. The molecule has 2 rings (SSSR count). The van der Waals surface area contributed by atoms with Gasteiger partial charge in [-0.25, -0.2) is 0 Å². The van der Waals surface area contributed by atoms with Crippen LogP contribution in [0.25, 0.3) is 0 Å². The van der Waals surface area contributed by atoms with E-state index in [-0.39, 0.29) is 11.0 Å². The van der Waals surface area contributed by atoms with Crippen molar-refractivity contribution < 1.29 is 9.59 Å². The maximum absolute atomic E-state index is 12.0. The molecule has 0 aliphatic heterocycles. The van der Waals surface area contributed by atoms with Crippen LogP contribution in [0.3, 0.4) is 0 Å². The number of hydrazine groups is 1. The Balaban J connectivity index is 2.15. The molecule has 0 aliphatic carbocycles. The van der Waals surface area contributed by atoms with Gasteiger partial charge in [-0.1, -0.05) is 18.2 Å². The number of carbonyl (C=O) groups excluding carboxylic acids is 2. The number of para-hydroxylation sites is 1. The Labute approximate surface area is 130 Å². The molecule has 0 saturated heterocycles. The summed E-state index contributed by atoms with van der Waals surface area (Å²) < 4.78 is 0. The number of nitrogens with one attached hydrogen (secondary N) is 3. The summed E-state index contributed by atoms with van der Waals surface area (Å²) >= 11 is 5.92. The van der Waals surface area contributed by atoms with E-state index in [1.807, 2.05) is 0 Å². The molecule has 0 spiro atoms. The fraction of sp³-hybridized carbons (Fsp3) is 0. The zero-order valence-electron chi connectivity index (χ0n) is 10.8. The van der Waals surface area contributed by atoms with Crippen LogP contribution in [0.4, 0.5) is 5.69 Å². The van der Waals surface area contributed by atoms with Crippen molar-refractivity contribution in [3.63, 3.8) is 0 Å². The van der Waals surface area contributed by atoms with Gasteiger partial charge in [0.2, 0.25) is 0 Å². The highest BCUT2D eigenvalue weighted by Gasteiger charge is 2.14. The van der Waals surface area contributed by atoms with Gasteiger partial charge in [0.25, 0.3) is 11.8 Å². The van der Waals surface area contributed by atoms with Crippen LogP contribution in [0.5, 0.6) is 0 Å². The molecule has 8 heteroatoms. The molecule has 0 unspecified atom stereocenters. The molecule has 108 valence electrons. The summed E-state index contributed by atoms with van der Waals surface area (Å²) in [6.07, 6.45) is 0. The van der Waals surface area contributed by atoms with E-state index in [9.17, 15) is 9.59 Å². The van der Waals surface area contributed by atoms with Crippen molar-refractivity contribution in [2.24, 2.45) is 5.73 Å². The van der Waals surface area contributed by atoms with Gasteiger partial charge in [-0.3, -0.25) is 20.4 Å². The van der Waals surface area contributed by atoms with E-state index >= 15 is 0 Å². The van der Waals surface area contributed by atoms with Crippen molar-refractivity contribution in [3.8, 4) is 0 Å². The Bertz CT molecular complexity index is 671. The van der Waals surface area contributed by atoms with Gasteiger partial charge in [-0.2, -0.15) is 0 Å². The first-order valence-corrected chi connectivity index (χ1v) is 7.16. The molecule has 0 atom stereocenters. The van der Waals surface area contributed by atoms with E-state index in [2.05, 4.69) is 28.4 Å². The van der Waals surface area contributed by atoms with E-state index in [0.717, 1.165) is 0 Å². The van der Waals surface area contributed by atoms with Crippen molar-refractivity contribution in [1.82, 2.24) is 10.9 Å². The average Bonchev–Trinajstić information content (AvgIpc) is 2.99. The number of carbonyl (C=O) groups is 2. The van der Waals surface area contributed by atoms with Crippen LogP contribution in [0.1, 0.15) is 20.0 Å². The molecule has 1 heterocycles. The van der Waals surface area contributed by atoms with Crippen molar-refractivity contribution in [1.29, 1.82) is 0 Å². The molecular formula is C13H12N4O2S2. The Kier molecular flexibility index (Phi) is 4.85. The molecule has 6 nitrogen and oxygen atoms in total. The quantitative estimate of drug-likeness (QED) is 0.507. The molecular weight excluding hydrogens is 308 g/mol. The van der Waals surface area contributed by atoms with Crippen molar-refractivity contribution in [2.75, 3.05) is 5.32 Å². The number of amides is 2. The summed E-state index contributed by atoms with van der Waals surface area (Å²) in [6, 6.07) is 10.1. The molecule has 0 radical (unpaired) electrons. The first-order valence-electron chi connectivity index (χ1n) is 5.87. The minimum atomic E-state index is -0.454. The summed E-state index contributed by atoms with van der Waals surface area (Å²) in [5.41, 5.74) is 10.6. The number of thiocarbonyl (C=S) groups is 1. The number of hydrogen-bond donors (Lipinski definition) is 4. The third-order valence-corrected chi connectivity index (χ3v) is 3.43. The first-order chi connectivity index (χ1) is 10.1. The average molecular weight is 320 g/mol. The van der Waals surface area contributed by atoms with E-state index < -0.39 is 5.91 Å². The zero-order chi connectivity index (χ0) is 15.2. The highest BCUT2D eigenvalue weighted by molar-refractivity contribution is 7.80. The molecule has 2 amide bonds. The molecule has 21 heavy (non-hydrogen) atoms. The maximum Gasteiger partial charge on any atom is 0.271 e. The fourth-order valence-corrected chi connectivity index (χ4v) is 2.24. The Morgan fingerprint density at radius 3 is 2.48 bits per heavy atom. The smallest absolute Gasteiger partial charge is 0.271 e. The normalized spacial score (nSPS) is 9.71. The minimum absolute atomic E-state index is 0.0524. The van der Waals surface area contributed by atoms with Crippen LogP contribution < -0.4 is 21.9 Å². The van der Waals surface area contributed by atoms with E-state index in [0.29, 0.717) is 16.1 Å². The number of nitrogens with two attached hydrogens (primary N) is 1. The molecule has 1 aromatic heterocycles.